The van der Waals surface area contributed by atoms with E-state index < -0.39 is 21.8 Å². The number of nitrogens with two attached hydrogens (primary N) is 1. The van der Waals surface area contributed by atoms with E-state index in [0.717, 1.165) is 0 Å². The van der Waals surface area contributed by atoms with E-state index in [4.69, 9.17) is 5.73 Å². The number of hydrogen-bond donors (Lipinski definition) is 2. The molecule has 0 rings (SSSR count). The Morgan fingerprint density at radius 2 is 2.09 bits per heavy atom. The van der Waals surface area contributed by atoms with Crippen LogP contribution in [0.2, 0.25) is 0 Å². The van der Waals surface area contributed by atoms with Gasteiger partial charge in [-0.2, -0.15) is 0 Å². The maximum absolute atomic E-state index is 10.9. The number of quaternary nitrogens is 1. The Balaban J connectivity index is 4.16. The maximum atomic E-state index is 10.9. The highest BCUT2D eigenvalue weighted by Crippen LogP contribution is 1.90. The van der Waals surface area contributed by atoms with Crippen LogP contribution < -0.4 is 11.5 Å². The molecule has 0 aromatic carbocycles. The SMILES string of the molecule is CCS(=O)(=O)CC([NH3+])C(N)=O. The van der Waals surface area contributed by atoms with Gasteiger partial charge in [-0.05, 0) is 0 Å². The highest BCUT2D eigenvalue weighted by atomic mass is 32.2. The average Bonchev–Trinajstić information content (AvgIpc) is 1.87. The van der Waals surface area contributed by atoms with Crippen LogP contribution in [-0.2, 0) is 14.6 Å². The molecule has 0 aromatic heterocycles. The third-order valence-corrected chi connectivity index (χ3v) is 3.09. The van der Waals surface area contributed by atoms with E-state index in [1.165, 1.54) is 6.92 Å². The average molecular weight is 181 g/mol. The molecule has 1 unspecified atom stereocenters. The van der Waals surface area contributed by atoms with E-state index in [1.807, 2.05) is 0 Å². The van der Waals surface area contributed by atoms with Crippen LogP contribution in [0.25, 0.3) is 0 Å². The molecule has 0 aliphatic heterocycles. The summed E-state index contributed by atoms with van der Waals surface area (Å²) in [6, 6.07) is -0.833. The molecule has 0 spiro atoms. The van der Waals surface area contributed by atoms with Crippen LogP contribution in [-0.4, -0.2) is 31.9 Å². The van der Waals surface area contributed by atoms with Gasteiger partial charge in [-0.3, -0.25) is 4.79 Å². The Kier molecular flexibility index (Phi) is 3.47. The molecule has 11 heavy (non-hydrogen) atoms. The zero-order valence-corrected chi connectivity index (χ0v) is 7.23. The molecule has 0 heterocycles. The van der Waals surface area contributed by atoms with Gasteiger partial charge in [0.1, 0.15) is 5.75 Å². The van der Waals surface area contributed by atoms with Gasteiger partial charge in [-0.25, -0.2) is 8.42 Å². The van der Waals surface area contributed by atoms with Crippen LogP contribution in [0, 0.1) is 0 Å². The van der Waals surface area contributed by atoms with Gasteiger partial charge in [0.15, 0.2) is 15.9 Å². The number of rotatable bonds is 4. The first-order valence-electron chi connectivity index (χ1n) is 3.22. The second-order valence-corrected chi connectivity index (χ2v) is 4.70. The van der Waals surface area contributed by atoms with Crippen molar-refractivity contribution >= 4 is 15.7 Å². The van der Waals surface area contributed by atoms with Crippen molar-refractivity contribution in [1.29, 1.82) is 0 Å². The van der Waals surface area contributed by atoms with Crippen molar-refractivity contribution in [2.75, 3.05) is 11.5 Å². The van der Waals surface area contributed by atoms with E-state index in [2.05, 4.69) is 5.73 Å². The van der Waals surface area contributed by atoms with E-state index in [0.29, 0.717) is 0 Å². The smallest absolute Gasteiger partial charge is 0.276 e. The Hall–Kier alpha value is -0.620. The van der Waals surface area contributed by atoms with Crippen molar-refractivity contribution in [3.05, 3.63) is 0 Å². The third kappa shape index (κ3) is 3.94. The minimum Gasteiger partial charge on any atom is -0.364 e. The summed E-state index contributed by atoms with van der Waals surface area (Å²) in [5, 5.41) is 0. The number of sulfone groups is 1. The third-order valence-electron chi connectivity index (χ3n) is 1.30. The van der Waals surface area contributed by atoms with Crippen LogP contribution in [0.1, 0.15) is 6.92 Å². The Morgan fingerprint density at radius 3 is 2.36 bits per heavy atom. The van der Waals surface area contributed by atoms with Crippen molar-refractivity contribution in [1.82, 2.24) is 0 Å². The van der Waals surface area contributed by atoms with Gasteiger partial charge in [0.2, 0.25) is 0 Å². The zero-order valence-electron chi connectivity index (χ0n) is 6.41. The number of primary amides is 1. The van der Waals surface area contributed by atoms with E-state index in [-0.39, 0.29) is 11.5 Å². The Bertz CT molecular complexity index is 234. The molecule has 5 nitrogen and oxygen atoms in total. The molecule has 0 aliphatic carbocycles. The summed E-state index contributed by atoms with van der Waals surface area (Å²) in [5.74, 6) is -0.910. The molecule has 0 fully saturated rings. The molecule has 0 radical (unpaired) electrons. The predicted octanol–water partition coefficient (Wildman–Crippen LogP) is -2.48. The normalized spacial score (nSPS) is 14.4. The maximum Gasteiger partial charge on any atom is 0.276 e. The molecule has 6 heteroatoms. The van der Waals surface area contributed by atoms with Crippen molar-refractivity contribution in [3.8, 4) is 0 Å². The molecule has 0 saturated heterocycles. The van der Waals surface area contributed by atoms with Crippen molar-refractivity contribution in [2.45, 2.75) is 13.0 Å². The van der Waals surface area contributed by atoms with Crippen LogP contribution in [0.15, 0.2) is 0 Å². The number of carbonyl (C=O) groups excluding carboxylic acids is 1. The second kappa shape index (κ2) is 3.68. The summed E-state index contributed by atoms with van der Waals surface area (Å²) < 4.78 is 21.7. The van der Waals surface area contributed by atoms with Gasteiger partial charge in [0.25, 0.3) is 5.91 Å². The van der Waals surface area contributed by atoms with E-state index in [1.54, 1.807) is 0 Å². The van der Waals surface area contributed by atoms with Crippen LogP contribution in [0.5, 0.6) is 0 Å². The lowest BCUT2D eigenvalue weighted by Gasteiger charge is -2.02. The quantitative estimate of drug-likeness (QED) is 0.501. The monoisotopic (exact) mass is 181 g/mol. The largest absolute Gasteiger partial charge is 0.364 e. The summed E-state index contributed by atoms with van der Waals surface area (Å²) in [5.41, 5.74) is 8.15. The lowest BCUT2D eigenvalue weighted by atomic mass is 10.3. The van der Waals surface area contributed by atoms with Gasteiger partial charge >= 0.3 is 0 Å². The molecule has 1 atom stereocenters. The summed E-state index contributed by atoms with van der Waals surface area (Å²) in [6.45, 7) is 1.52. The fraction of sp³-hybridized carbons (Fsp3) is 0.800. The van der Waals surface area contributed by atoms with Gasteiger partial charge < -0.3 is 11.5 Å². The fourth-order valence-corrected chi connectivity index (χ4v) is 1.52. The molecule has 66 valence electrons. The number of amides is 1. The van der Waals surface area contributed by atoms with Gasteiger partial charge in [0, 0.05) is 5.75 Å². The van der Waals surface area contributed by atoms with E-state index >= 15 is 0 Å². The first-order valence-corrected chi connectivity index (χ1v) is 5.04. The standard InChI is InChI=1S/C5H12N2O3S/c1-2-11(9,10)3-4(6)5(7)8/h4H,2-3,6H2,1H3,(H2,7,8)/p+1. The first kappa shape index (κ1) is 10.4. The Labute approximate surface area is 65.7 Å². The first-order chi connectivity index (χ1) is 4.89. The molecule has 0 aromatic rings. The highest BCUT2D eigenvalue weighted by Gasteiger charge is 2.21. The molecule has 1 amide bonds. The summed E-state index contributed by atoms with van der Waals surface area (Å²) in [7, 11) is -3.13. The minimum absolute atomic E-state index is 0.0201. The minimum atomic E-state index is -3.13. The van der Waals surface area contributed by atoms with Crippen molar-refractivity contribution in [3.63, 3.8) is 0 Å². The van der Waals surface area contributed by atoms with Gasteiger partial charge in [-0.15, -0.1) is 0 Å². The highest BCUT2D eigenvalue weighted by molar-refractivity contribution is 7.91. The van der Waals surface area contributed by atoms with Crippen LogP contribution in [0.4, 0.5) is 0 Å². The fourth-order valence-electron chi connectivity index (χ4n) is 0.507. The lowest BCUT2D eigenvalue weighted by molar-refractivity contribution is -0.396. The van der Waals surface area contributed by atoms with Gasteiger partial charge in [-0.1, -0.05) is 6.92 Å². The molecule has 5 N–H and O–H groups in total. The second-order valence-electron chi connectivity index (χ2n) is 2.30. The molecular weight excluding hydrogens is 168 g/mol. The zero-order chi connectivity index (χ0) is 9.07. The Morgan fingerprint density at radius 1 is 1.64 bits per heavy atom. The number of hydrogen-bond acceptors (Lipinski definition) is 3. The molecular formula is C5H13N2O3S+. The van der Waals surface area contributed by atoms with Crippen molar-refractivity contribution < 1.29 is 18.9 Å². The summed E-state index contributed by atoms with van der Waals surface area (Å²) in [6.07, 6.45) is 0. The van der Waals surface area contributed by atoms with Crippen molar-refractivity contribution in [2.24, 2.45) is 5.73 Å². The van der Waals surface area contributed by atoms with Crippen LogP contribution >= 0.6 is 0 Å². The molecule has 0 aliphatic rings. The van der Waals surface area contributed by atoms with Crippen LogP contribution in [0.3, 0.4) is 0 Å². The predicted molar refractivity (Wildman–Crippen MR) is 40.2 cm³/mol. The number of carbonyl (C=O) groups is 1. The van der Waals surface area contributed by atoms with E-state index in [9.17, 15) is 13.2 Å². The summed E-state index contributed by atoms with van der Waals surface area (Å²) >= 11 is 0. The van der Waals surface area contributed by atoms with Gasteiger partial charge in [0.05, 0.1) is 0 Å². The lowest BCUT2D eigenvalue weighted by Crippen LogP contribution is -2.69. The molecule has 0 saturated carbocycles. The summed E-state index contributed by atoms with van der Waals surface area (Å²) in [4.78, 5) is 10.4. The molecule has 0 bridgehead atoms. The topological polar surface area (TPSA) is 105 Å².